The van der Waals surface area contributed by atoms with E-state index in [0.29, 0.717) is 22.7 Å². The molecule has 1 amide bonds. The number of nitrogens with zero attached hydrogens (tertiary/aromatic N) is 5. The van der Waals surface area contributed by atoms with Gasteiger partial charge in [-0.3, -0.25) is 4.79 Å². The van der Waals surface area contributed by atoms with E-state index < -0.39 is 5.82 Å². The number of pyridine rings is 1. The van der Waals surface area contributed by atoms with Gasteiger partial charge < -0.3 is 15.1 Å². The topological polar surface area (TPSA) is 74.2 Å². The summed E-state index contributed by atoms with van der Waals surface area (Å²) in [4.78, 5) is 32.1. The third kappa shape index (κ3) is 3.55. The highest BCUT2D eigenvalue weighted by molar-refractivity contribution is 7.16. The molecule has 3 aromatic heterocycles. The third-order valence-electron chi connectivity index (χ3n) is 7.86. The van der Waals surface area contributed by atoms with Crippen molar-refractivity contribution >= 4 is 29.0 Å². The lowest BCUT2D eigenvalue weighted by Crippen LogP contribution is -2.29. The van der Waals surface area contributed by atoms with Gasteiger partial charge in [0.2, 0.25) is 5.95 Å². The summed E-state index contributed by atoms with van der Waals surface area (Å²) in [6.45, 7) is 8.52. The molecule has 182 valence electrons. The van der Waals surface area contributed by atoms with E-state index in [2.05, 4.69) is 45.1 Å². The molecule has 9 heteroatoms. The van der Waals surface area contributed by atoms with Gasteiger partial charge in [-0.2, -0.15) is 0 Å². The Labute approximate surface area is 208 Å². The van der Waals surface area contributed by atoms with E-state index in [0.717, 1.165) is 48.4 Å². The van der Waals surface area contributed by atoms with Crippen molar-refractivity contribution in [3.05, 3.63) is 51.9 Å². The number of likely N-dealkylation sites (tertiary alicyclic amines) is 1. The second kappa shape index (κ2) is 8.06. The average molecular weight is 493 g/mol. The average Bonchev–Trinajstić information content (AvgIpc) is 3.28. The molecule has 1 saturated heterocycles. The van der Waals surface area contributed by atoms with Crippen LogP contribution in [0, 0.1) is 12.7 Å². The number of halogens is 1. The van der Waals surface area contributed by atoms with Crippen LogP contribution >= 0.6 is 11.3 Å². The minimum atomic E-state index is -0.497. The summed E-state index contributed by atoms with van der Waals surface area (Å²) in [6, 6.07) is 4.58. The largest absolute Gasteiger partial charge is 0.331 e. The lowest BCUT2D eigenvalue weighted by molar-refractivity contribution is 0.0755. The predicted molar refractivity (Wildman–Crippen MR) is 135 cm³/mol. The standard InChI is InChI=1S/C26H29FN6OS/c1-14(2)33-10-7-17(13-33)16-5-6-19(28-11-16)30-25-29-12-18(27)21(31-25)22-15(3)20-23(35-22)26(8-9-26)32(4)24(20)34/h5-6,11-12,14,17H,7-10,13H2,1-4H3,(H,28,29,30,31). The fourth-order valence-electron chi connectivity index (χ4n) is 5.47. The van der Waals surface area contributed by atoms with Crippen LogP contribution in [-0.4, -0.2) is 56.8 Å². The highest BCUT2D eigenvalue weighted by Gasteiger charge is 2.58. The zero-order chi connectivity index (χ0) is 24.5. The fraction of sp³-hybridized carbons (Fsp3) is 0.462. The SMILES string of the molecule is Cc1c(-c2nc(Nc3ccc(C4CCN(C(C)C)C4)cn3)ncc2F)sc2c1C(=O)N(C)C21CC1. The summed E-state index contributed by atoms with van der Waals surface area (Å²) >= 11 is 1.49. The molecule has 6 rings (SSSR count). The summed E-state index contributed by atoms with van der Waals surface area (Å²) in [6.07, 6.45) is 6.15. The van der Waals surface area contributed by atoms with Crippen molar-refractivity contribution in [2.24, 2.45) is 0 Å². The van der Waals surface area contributed by atoms with Gasteiger partial charge in [-0.15, -0.1) is 11.3 Å². The maximum Gasteiger partial charge on any atom is 0.255 e. The zero-order valence-corrected chi connectivity index (χ0v) is 21.2. The monoisotopic (exact) mass is 492 g/mol. The molecule has 1 saturated carbocycles. The fourth-order valence-corrected chi connectivity index (χ4v) is 7.04. The molecule has 7 nitrogen and oxygen atoms in total. The molecule has 1 aliphatic carbocycles. The molecular weight excluding hydrogens is 463 g/mol. The van der Waals surface area contributed by atoms with Crippen molar-refractivity contribution in [2.45, 2.75) is 57.5 Å². The Balaban J connectivity index is 1.24. The Bertz CT molecular complexity index is 1320. The molecule has 3 aliphatic rings. The molecule has 3 aromatic rings. The second-order valence-electron chi connectivity index (χ2n) is 10.2. The van der Waals surface area contributed by atoms with Gasteiger partial charge in [-0.1, -0.05) is 6.07 Å². The molecule has 1 atom stereocenters. The number of rotatable bonds is 5. The summed E-state index contributed by atoms with van der Waals surface area (Å²) in [5.41, 5.74) is 2.78. The van der Waals surface area contributed by atoms with Crippen LogP contribution in [-0.2, 0) is 5.54 Å². The van der Waals surface area contributed by atoms with Gasteiger partial charge in [-0.25, -0.2) is 19.3 Å². The molecule has 0 bridgehead atoms. The van der Waals surface area contributed by atoms with Crippen molar-refractivity contribution in [1.82, 2.24) is 24.8 Å². The number of hydrogen-bond acceptors (Lipinski definition) is 7. The number of aromatic nitrogens is 3. The van der Waals surface area contributed by atoms with Crippen LogP contribution in [0.4, 0.5) is 16.2 Å². The van der Waals surface area contributed by atoms with E-state index >= 15 is 0 Å². The first kappa shape index (κ1) is 22.5. The number of carbonyl (C=O) groups excluding carboxylic acids is 1. The van der Waals surface area contributed by atoms with Crippen molar-refractivity contribution < 1.29 is 9.18 Å². The van der Waals surface area contributed by atoms with E-state index in [1.165, 1.54) is 23.1 Å². The van der Waals surface area contributed by atoms with Crippen LogP contribution in [0.3, 0.4) is 0 Å². The van der Waals surface area contributed by atoms with E-state index in [1.807, 2.05) is 31.1 Å². The summed E-state index contributed by atoms with van der Waals surface area (Å²) in [5.74, 6) is 0.917. The first-order chi connectivity index (χ1) is 16.8. The highest BCUT2D eigenvalue weighted by atomic mass is 32.1. The molecule has 35 heavy (non-hydrogen) atoms. The number of fused-ring (bicyclic) bond motifs is 2. The second-order valence-corrected chi connectivity index (χ2v) is 11.2. The van der Waals surface area contributed by atoms with Crippen molar-refractivity contribution in [1.29, 1.82) is 0 Å². The summed E-state index contributed by atoms with van der Waals surface area (Å²) < 4.78 is 14.9. The maximum atomic E-state index is 14.9. The molecule has 2 fully saturated rings. The van der Waals surface area contributed by atoms with E-state index in [1.54, 1.807) is 0 Å². The number of carbonyl (C=O) groups is 1. The molecule has 1 spiro atoms. The molecule has 2 aliphatic heterocycles. The Morgan fingerprint density at radius 2 is 2.03 bits per heavy atom. The molecule has 1 N–H and O–H groups in total. The number of amides is 1. The summed E-state index contributed by atoms with van der Waals surface area (Å²) in [7, 11) is 1.86. The Hall–Kier alpha value is -2.91. The Kier molecular flexibility index (Phi) is 5.19. The van der Waals surface area contributed by atoms with Gasteiger partial charge in [0.05, 0.1) is 22.2 Å². The van der Waals surface area contributed by atoms with Gasteiger partial charge in [0.1, 0.15) is 11.5 Å². The normalized spacial score (nSPS) is 20.8. The van der Waals surface area contributed by atoms with Gasteiger partial charge >= 0.3 is 0 Å². The van der Waals surface area contributed by atoms with E-state index in [-0.39, 0.29) is 23.1 Å². The Morgan fingerprint density at radius 1 is 1.23 bits per heavy atom. The van der Waals surface area contributed by atoms with Crippen molar-refractivity contribution in [3.8, 4) is 10.6 Å². The first-order valence-electron chi connectivity index (χ1n) is 12.2. The first-order valence-corrected chi connectivity index (χ1v) is 13.0. The van der Waals surface area contributed by atoms with Gasteiger partial charge in [-0.05, 0) is 69.7 Å². The van der Waals surface area contributed by atoms with Crippen LogP contribution < -0.4 is 5.32 Å². The third-order valence-corrected chi connectivity index (χ3v) is 9.35. The minimum absolute atomic E-state index is 0.0216. The molecule has 0 aromatic carbocycles. The van der Waals surface area contributed by atoms with Gasteiger partial charge in [0, 0.05) is 30.7 Å². The van der Waals surface area contributed by atoms with E-state index in [4.69, 9.17) is 0 Å². The minimum Gasteiger partial charge on any atom is -0.331 e. The lowest BCUT2D eigenvalue weighted by Gasteiger charge is -2.20. The quantitative estimate of drug-likeness (QED) is 0.537. The molecular formula is C26H29FN6OS. The van der Waals surface area contributed by atoms with Crippen molar-refractivity contribution in [3.63, 3.8) is 0 Å². The number of thiophene rings is 1. The van der Waals surface area contributed by atoms with Crippen LogP contribution in [0.15, 0.2) is 24.5 Å². The Morgan fingerprint density at radius 3 is 2.69 bits per heavy atom. The molecule has 0 radical (unpaired) electrons. The highest BCUT2D eigenvalue weighted by Crippen LogP contribution is 2.60. The van der Waals surface area contributed by atoms with Crippen LogP contribution in [0.5, 0.6) is 0 Å². The smallest absolute Gasteiger partial charge is 0.255 e. The van der Waals surface area contributed by atoms with Crippen LogP contribution in [0.2, 0.25) is 0 Å². The number of anilines is 2. The van der Waals surface area contributed by atoms with Crippen LogP contribution in [0.25, 0.3) is 10.6 Å². The molecule has 1 unspecified atom stereocenters. The number of hydrogen-bond donors (Lipinski definition) is 1. The van der Waals surface area contributed by atoms with E-state index in [9.17, 15) is 9.18 Å². The molecule has 5 heterocycles. The predicted octanol–water partition coefficient (Wildman–Crippen LogP) is 5.06. The number of nitrogens with one attached hydrogen (secondary N) is 1. The lowest BCUT2D eigenvalue weighted by atomic mass is 10.0. The van der Waals surface area contributed by atoms with Crippen LogP contribution in [0.1, 0.15) is 65.4 Å². The van der Waals surface area contributed by atoms with Gasteiger partial charge in [0.25, 0.3) is 5.91 Å². The van der Waals surface area contributed by atoms with Crippen molar-refractivity contribution in [2.75, 3.05) is 25.5 Å². The zero-order valence-electron chi connectivity index (χ0n) is 20.4. The van der Waals surface area contributed by atoms with Gasteiger partial charge in [0.15, 0.2) is 5.82 Å². The summed E-state index contributed by atoms with van der Waals surface area (Å²) in [5, 5.41) is 3.12. The maximum absolute atomic E-state index is 14.9.